The summed E-state index contributed by atoms with van der Waals surface area (Å²) in [5, 5.41) is 2.87. The van der Waals surface area contributed by atoms with Crippen molar-refractivity contribution < 1.29 is 13.2 Å². The highest BCUT2D eigenvalue weighted by Gasteiger charge is 2.28. The predicted octanol–water partition coefficient (Wildman–Crippen LogP) is 3.98. The van der Waals surface area contributed by atoms with Crippen molar-refractivity contribution >= 4 is 21.6 Å². The zero-order chi connectivity index (χ0) is 19.6. The van der Waals surface area contributed by atoms with Gasteiger partial charge in [-0.25, -0.2) is 8.42 Å². The molecule has 0 radical (unpaired) electrons. The van der Waals surface area contributed by atoms with Crippen LogP contribution in [0.25, 0.3) is 0 Å². The number of benzene rings is 2. The van der Waals surface area contributed by atoms with Crippen molar-refractivity contribution in [2.75, 3.05) is 18.4 Å². The van der Waals surface area contributed by atoms with Crippen LogP contribution in [0.5, 0.6) is 0 Å². The van der Waals surface area contributed by atoms with Crippen LogP contribution in [0.3, 0.4) is 0 Å². The SMILES string of the molecule is Cc1cc(C)cc(NC(=O)c2ccc(S(=O)(=O)N3CCC(C)CC3)cc2)c1. The number of hydrogen-bond acceptors (Lipinski definition) is 3. The van der Waals surface area contributed by atoms with Crippen LogP contribution in [-0.4, -0.2) is 31.7 Å². The first kappa shape index (κ1) is 19.6. The topological polar surface area (TPSA) is 66.5 Å². The highest BCUT2D eigenvalue weighted by Crippen LogP contribution is 2.24. The number of carbonyl (C=O) groups is 1. The fourth-order valence-electron chi connectivity index (χ4n) is 3.40. The molecule has 0 aromatic heterocycles. The molecule has 0 atom stereocenters. The largest absolute Gasteiger partial charge is 0.322 e. The van der Waals surface area contributed by atoms with Gasteiger partial charge < -0.3 is 5.32 Å². The molecule has 1 aliphatic rings. The molecule has 0 spiro atoms. The van der Waals surface area contributed by atoms with Gasteiger partial charge in [0, 0.05) is 24.3 Å². The number of piperidine rings is 1. The molecule has 5 nitrogen and oxygen atoms in total. The lowest BCUT2D eigenvalue weighted by Crippen LogP contribution is -2.37. The molecule has 1 amide bonds. The van der Waals surface area contributed by atoms with E-state index >= 15 is 0 Å². The Hall–Kier alpha value is -2.18. The second-order valence-corrected chi connectivity index (χ2v) is 9.38. The van der Waals surface area contributed by atoms with Crippen LogP contribution in [0.15, 0.2) is 47.4 Å². The molecule has 1 N–H and O–H groups in total. The summed E-state index contributed by atoms with van der Waals surface area (Å²) in [5.41, 5.74) is 3.31. The maximum absolute atomic E-state index is 12.8. The van der Waals surface area contributed by atoms with E-state index in [0.717, 1.165) is 29.7 Å². The minimum Gasteiger partial charge on any atom is -0.322 e. The van der Waals surface area contributed by atoms with Crippen molar-refractivity contribution in [3.05, 3.63) is 59.2 Å². The molecular formula is C21H26N2O3S. The van der Waals surface area contributed by atoms with E-state index in [1.165, 1.54) is 16.4 Å². The number of amides is 1. The van der Waals surface area contributed by atoms with E-state index in [1.807, 2.05) is 32.0 Å². The Balaban J connectivity index is 1.73. The van der Waals surface area contributed by atoms with Crippen LogP contribution in [0, 0.1) is 19.8 Å². The normalized spacial score (nSPS) is 16.3. The minimum atomic E-state index is -3.50. The lowest BCUT2D eigenvalue weighted by molar-refractivity contribution is 0.102. The van der Waals surface area contributed by atoms with E-state index in [4.69, 9.17) is 0 Å². The molecule has 27 heavy (non-hydrogen) atoms. The molecule has 1 heterocycles. The molecule has 0 saturated carbocycles. The maximum Gasteiger partial charge on any atom is 0.255 e. The third-order valence-corrected chi connectivity index (χ3v) is 6.89. The molecule has 1 aliphatic heterocycles. The third-order valence-electron chi connectivity index (χ3n) is 4.98. The average Bonchev–Trinajstić information content (AvgIpc) is 2.61. The number of sulfonamides is 1. The van der Waals surface area contributed by atoms with E-state index < -0.39 is 10.0 Å². The second kappa shape index (κ2) is 7.82. The smallest absolute Gasteiger partial charge is 0.255 e. The number of nitrogens with one attached hydrogen (secondary N) is 1. The van der Waals surface area contributed by atoms with Gasteiger partial charge in [-0.05, 0) is 80.1 Å². The number of carbonyl (C=O) groups excluding carboxylic acids is 1. The molecule has 1 fully saturated rings. The van der Waals surface area contributed by atoms with Crippen molar-refractivity contribution in [3.8, 4) is 0 Å². The van der Waals surface area contributed by atoms with Crippen LogP contribution in [0.1, 0.15) is 41.3 Å². The zero-order valence-electron chi connectivity index (χ0n) is 16.0. The summed E-state index contributed by atoms with van der Waals surface area (Å²) >= 11 is 0. The van der Waals surface area contributed by atoms with Crippen molar-refractivity contribution in [1.29, 1.82) is 0 Å². The monoisotopic (exact) mass is 386 g/mol. The van der Waals surface area contributed by atoms with Crippen molar-refractivity contribution in [2.45, 2.75) is 38.5 Å². The number of aryl methyl sites for hydroxylation is 2. The van der Waals surface area contributed by atoms with Crippen molar-refractivity contribution in [2.24, 2.45) is 5.92 Å². The van der Waals surface area contributed by atoms with E-state index in [-0.39, 0.29) is 10.8 Å². The van der Waals surface area contributed by atoms with E-state index in [9.17, 15) is 13.2 Å². The summed E-state index contributed by atoms with van der Waals surface area (Å²) in [6, 6.07) is 12.0. The summed E-state index contributed by atoms with van der Waals surface area (Å²) in [4.78, 5) is 12.7. The van der Waals surface area contributed by atoms with Crippen molar-refractivity contribution in [1.82, 2.24) is 4.31 Å². The summed E-state index contributed by atoms with van der Waals surface area (Å²) in [6.07, 6.45) is 1.77. The van der Waals surface area contributed by atoms with Gasteiger partial charge in [-0.2, -0.15) is 4.31 Å². The van der Waals surface area contributed by atoms with Gasteiger partial charge in [-0.15, -0.1) is 0 Å². The highest BCUT2D eigenvalue weighted by atomic mass is 32.2. The summed E-state index contributed by atoms with van der Waals surface area (Å²) < 4.78 is 27.1. The molecule has 0 aliphatic carbocycles. The lowest BCUT2D eigenvalue weighted by Gasteiger charge is -2.29. The van der Waals surface area contributed by atoms with Gasteiger partial charge in [0.05, 0.1) is 4.90 Å². The van der Waals surface area contributed by atoms with Gasteiger partial charge in [0.1, 0.15) is 0 Å². The van der Waals surface area contributed by atoms with Gasteiger partial charge in [0.25, 0.3) is 5.91 Å². The first-order valence-corrected chi connectivity index (χ1v) is 10.7. The molecular weight excluding hydrogens is 360 g/mol. The molecule has 0 unspecified atom stereocenters. The Morgan fingerprint density at radius 1 is 1.00 bits per heavy atom. The standard InChI is InChI=1S/C21H26N2O3S/c1-15-8-10-23(11-9-15)27(25,26)20-6-4-18(5-7-20)21(24)22-19-13-16(2)12-17(3)14-19/h4-7,12-15H,8-11H2,1-3H3,(H,22,24). The van der Waals surface area contributed by atoms with Crippen LogP contribution in [-0.2, 0) is 10.0 Å². The quantitative estimate of drug-likeness (QED) is 0.864. The summed E-state index contributed by atoms with van der Waals surface area (Å²) in [6.45, 7) is 7.21. The number of rotatable bonds is 4. The Kier molecular flexibility index (Phi) is 5.67. The first-order chi connectivity index (χ1) is 12.8. The van der Waals surface area contributed by atoms with Crippen LogP contribution in [0.4, 0.5) is 5.69 Å². The summed E-state index contributed by atoms with van der Waals surface area (Å²) in [7, 11) is -3.50. The first-order valence-electron chi connectivity index (χ1n) is 9.25. The second-order valence-electron chi connectivity index (χ2n) is 7.44. The van der Waals surface area contributed by atoms with Crippen LogP contribution < -0.4 is 5.32 Å². The molecule has 1 saturated heterocycles. The minimum absolute atomic E-state index is 0.236. The van der Waals surface area contributed by atoms with Gasteiger partial charge >= 0.3 is 0 Å². The number of hydrogen-bond donors (Lipinski definition) is 1. The van der Waals surface area contributed by atoms with Gasteiger partial charge in [0.15, 0.2) is 0 Å². The maximum atomic E-state index is 12.8. The van der Waals surface area contributed by atoms with Crippen molar-refractivity contribution in [3.63, 3.8) is 0 Å². The van der Waals surface area contributed by atoms with Gasteiger partial charge in [-0.1, -0.05) is 13.0 Å². The van der Waals surface area contributed by atoms with Crippen LogP contribution in [0.2, 0.25) is 0 Å². The Labute approximate surface area is 161 Å². The predicted molar refractivity (Wildman–Crippen MR) is 107 cm³/mol. The molecule has 2 aromatic carbocycles. The number of anilines is 1. The molecule has 6 heteroatoms. The van der Waals surface area contributed by atoms with Crippen LogP contribution >= 0.6 is 0 Å². The van der Waals surface area contributed by atoms with Gasteiger partial charge in [0.2, 0.25) is 10.0 Å². The lowest BCUT2D eigenvalue weighted by atomic mass is 10.0. The fourth-order valence-corrected chi connectivity index (χ4v) is 4.87. The average molecular weight is 387 g/mol. The zero-order valence-corrected chi connectivity index (χ0v) is 16.8. The van der Waals surface area contributed by atoms with Gasteiger partial charge in [-0.3, -0.25) is 4.79 Å². The number of nitrogens with zero attached hydrogens (tertiary/aromatic N) is 1. The fraction of sp³-hybridized carbons (Fsp3) is 0.381. The van der Waals surface area contributed by atoms with E-state index in [0.29, 0.717) is 24.6 Å². The Morgan fingerprint density at radius 3 is 2.11 bits per heavy atom. The van der Waals surface area contributed by atoms with E-state index in [1.54, 1.807) is 12.1 Å². The molecule has 144 valence electrons. The Bertz CT molecular complexity index is 908. The third kappa shape index (κ3) is 4.57. The highest BCUT2D eigenvalue weighted by molar-refractivity contribution is 7.89. The molecule has 0 bridgehead atoms. The summed E-state index contributed by atoms with van der Waals surface area (Å²) in [5.74, 6) is 0.309. The van der Waals surface area contributed by atoms with E-state index in [2.05, 4.69) is 12.2 Å². The molecule has 2 aromatic rings. The molecule has 3 rings (SSSR count). The Morgan fingerprint density at radius 2 is 1.56 bits per heavy atom.